The number of rotatable bonds is 2. The first kappa shape index (κ1) is 30.8. The lowest BCUT2D eigenvalue weighted by Crippen LogP contribution is -2.45. The molecule has 4 aromatic rings. The highest BCUT2D eigenvalue weighted by Crippen LogP contribution is 2.61. The summed E-state index contributed by atoms with van der Waals surface area (Å²) in [5, 5.41) is 0. The summed E-state index contributed by atoms with van der Waals surface area (Å²) in [7, 11) is 0. The second-order valence-electron chi connectivity index (χ2n) is 11.0. The van der Waals surface area contributed by atoms with E-state index in [-0.39, 0.29) is 29.4 Å². The molecule has 4 aliphatic heterocycles. The van der Waals surface area contributed by atoms with Crippen LogP contribution >= 0.6 is 25.8 Å². The van der Waals surface area contributed by atoms with Crippen LogP contribution in [0.25, 0.3) is 22.3 Å². The number of nitrogens with one attached hydrogen (secondary N) is 1. The fourth-order valence-electron chi connectivity index (χ4n) is 6.04. The molecule has 0 saturated carbocycles. The molecule has 2 unspecified atom stereocenters. The molecular weight excluding hydrogens is 695 g/mol. The lowest BCUT2D eigenvalue weighted by molar-refractivity contribution is -0.182. The molecule has 4 N–H and O–H groups in total. The van der Waals surface area contributed by atoms with E-state index in [9.17, 15) is 14.3 Å². The van der Waals surface area contributed by atoms with Crippen LogP contribution in [-0.4, -0.2) is 99.9 Å². The summed E-state index contributed by atoms with van der Waals surface area (Å²) in [4.78, 5) is 46.9. The molecule has 19 nitrogen and oxygen atoms in total. The minimum absolute atomic E-state index is 0.0456. The molecule has 8 heterocycles. The quantitative estimate of drug-likeness (QED) is 0.166. The number of aryl methyl sites for hydroxylation is 1. The highest BCUT2D eigenvalue weighted by atomic mass is 32.7. The number of aromatic nitrogens is 8. The number of nitrogens with zero attached hydrogens (tertiary/aromatic N) is 7. The Labute approximate surface area is 266 Å². The van der Waals surface area contributed by atoms with Gasteiger partial charge in [0.15, 0.2) is 41.3 Å². The van der Waals surface area contributed by atoms with Crippen molar-refractivity contribution in [2.24, 2.45) is 0 Å². The Balaban J connectivity index is 1.14. The van der Waals surface area contributed by atoms with E-state index in [1.807, 2.05) is 0 Å². The van der Waals surface area contributed by atoms with Gasteiger partial charge in [0.05, 0.1) is 32.5 Å². The molecule has 4 aromatic heterocycles. The molecule has 246 valence electrons. The second kappa shape index (κ2) is 10.8. The van der Waals surface area contributed by atoms with Crippen LogP contribution in [0, 0.1) is 6.92 Å². The van der Waals surface area contributed by atoms with E-state index in [4.69, 9.17) is 49.8 Å². The third-order valence-corrected chi connectivity index (χ3v) is 11.2. The van der Waals surface area contributed by atoms with Crippen LogP contribution in [0.15, 0.2) is 23.8 Å². The van der Waals surface area contributed by atoms with Crippen molar-refractivity contribution in [3.05, 3.63) is 35.2 Å². The molecule has 4 aliphatic rings. The lowest BCUT2D eigenvalue weighted by atomic mass is 10.0. The first-order valence-corrected chi connectivity index (χ1v) is 18.9. The Bertz CT molecular complexity index is 2030. The maximum absolute atomic E-state index is 16.0. The van der Waals surface area contributed by atoms with Crippen molar-refractivity contribution in [3.8, 4) is 0 Å². The van der Waals surface area contributed by atoms with Gasteiger partial charge in [-0.05, 0) is 18.7 Å². The van der Waals surface area contributed by atoms with Crippen molar-refractivity contribution in [1.29, 1.82) is 0 Å². The van der Waals surface area contributed by atoms with Crippen molar-refractivity contribution in [2.75, 3.05) is 25.6 Å². The molecule has 24 heteroatoms. The van der Waals surface area contributed by atoms with Crippen LogP contribution in [0.4, 0.5) is 10.2 Å². The zero-order valence-corrected chi connectivity index (χ0v) is 26.9. The number of nitrogen functional groups attached to an aromatic ring is 1. The first-order chi connectivity index (χ1) is 21.8. The van der Waals surface area contributed by atoms with Crippen molar-refractivity contribution in [1.82, 2.24) is 39.0 Å². The molecule has 10 atom stereocenters. The largest absolute Gasteiger partial charge is 0.386 e. The van der Waals surface area contributed by atoms with E-state index in [2.05, 4.69) is 42.2 Å². The number of anilines is 1. The Morgan fingerprint density at radius 1 is 1.11 bits per heavy atom. The highest BCUT2D eigenvalue weighted by molar-refractivity contribution is 8.44. The van der Waals surface area contributed by atoms with Gasteiger partial charge in [-0.15, -0.1) is 0 Å². The third-order valence-electron chi connectivity index (χ3n) is 8.10. The molecule has 4 fully saturated rings. The smallest absolute Gasteiger partial charge is 0.382 e. The Kier molecular flexibility index (Phi) is 7.23. The number of ether oxygens (including phenoxy) is 3. The minimum Gasteiger partial charge on any atom is -0.382 e. The maximum atomic E-state index is 16.0. The van der Waals surface area contributed by atoms with E-state index >= 15 is 4.39 Å². The minimum atomic E-state index is -4.41. The summed E-state index contributed by atoms with van der Waals surface area (Å²) in [6.45, 7) is -8.27. The van der Waals surface area contributed by atoms with Gasteiger partial charge in [0.2, 0.25) is 0 Å². The molecule has 0 aromatic carbocycles. The van der Waals surface area contributed by atoms with Gasteiger partial charge in [-0.2, -0.15) is 0 Å². The normalized spacial score (nSPS) is 39.7. The number of H-pyrrole nitrogens is 1. The molecule has 4 bridgehead atoms. The Hall–Kier alpha value is -2.46. The summed E-state index contributed by atoms with van der Waals surface area (Å²) in [6.07, 6.45) is -5.52. The predicted molar refractivity (Wildman–Crippen MR) is 159 cm³/mol. The fourth-order valence-corrected chi connectivity index (χ4v) is 8.96. The lowest BCUT2D eigenvalue weighted by Gasteiger charge is -2.33. The van der Waals surface area contributed by atoms with Gasteiger partial charge < -0.3 is 34.3 Å². The molecule has 0 radical (unpaired) electrons. The number of thiol groups is 1. The standard InChI is InChI=1S/C22H24FN9O10P2S2/c1-8-29-18-12(19(33)30-8)28-7-32(18)20-13-10(23)9(39-20)2-37-43(34,45)42-15-14-21(31-6-27-11-16(24)25-5-26-17(11)31)40-22(15,3-36-14)4-38-44(35,46)41-13/h5-7,9-10,13-15,20-21H,2-4H2,1H3,(H,34,45)(H,35,46)(H2,24,25,26)(H,29,30,33)/t9-,10-,13-,14-,15+,20-,21-,22-,43?,44?/m1/s1. The van der Waals surface area contributed by atoms with Crippen LogP contribution in [-0.2, 0) is 48.7 Å². The van der Waals surface area contributed by atoms with Gasteiger partial charge in [0.1, 0.15) is 47.7 Å². The number of hydrogen-bond donors (Lipinski definition) is 4. The molecule has 8 rings (SSSR count). The Morgan fingerprint density at radius 2 is 1.87 bits per heavy atom. The van der Waals surface area contributed by atoms with Gasteiger partial charge in [-0.3, -0.25) is 27.5 Å². The second-order valence-corrected chi connectivity index (χ2v) is 16.7. The maximum Gasteiger partial charge on any atom is 0.386 e. The molecule has 0 aliphatic carbocycles. The van der Waals surface area contributed by atoms with Gasteiger partial charge in [0.25, 0.3) is 5.56 Å². The van der Waals surface area contributed by atoms with Crippen LogP contribution in [0.3, 0.4) is 0 Å². The van der Waals surface area contributed by atoms with Crippen molar-refractivity contribution >= 4 is 65.7 Å². The van der Waals surface area contributed by atoms with Crippen LogP contribution in [0.2, 0.25) is 0 Å². The number of alkyl halides is 1. The van der Waals surface area contributed by atoms with Crippen molar-refractivity contribution in [2.45, 2.75) is 55.6 Å². The van der Waals surface area contributed by atoms with Crippen molar-refractivity contribution in [3.63, 3.8) is 0 Å². The monoisotopic (exact) mass is 719 g/mol. The number of nitrogens with two attached hydrogens (primary N) is 1. The summed E-state index contributed by atoms with van der Waals surface area (Å²) < 4.78 is 73.7. The van der Waals surface area contributed by atoms with E-state index in [1.165, 1.54) is 23.5 Å². The number of fused-ring (bicyclic) bond motifs is 4. The predicted octanol–water partition coefficient (Wildman–Crippen LogP) is 0.824. The highest BCUT2D eigenvalue weighted by Gasteiger charge is 2.65. The van der Waals surface area contributed by atoms with Crippen molar-refractivity contribution < 1.29 is 46.2 Å². The van der Waals surface area contributed by atoms with Crippen LogP contribution < -0.4 is 11.3 Å². The SMILES string of the molecule is Cc1nc2c(ncn2[C@@H]2O[C@@H]3COP(O)(=S)O[C@H]4[C@H]5OC[C@]4(COP(=O)(S)O[C@@H]2[C@@H]3F)O[C@H]5n2cnc3c(N)ncnc32)c(=O)[nH]1. The zero-order valence-electron chi connectivity index (χ0n) is 23.4. The van der Waals surface area contributed by atoms with Crippen LogP contribution in [0.5, 0.6) is 0 Å². The average Bonchev–Trinajstić information content (AvgIpc) is 3.80. The molecule has 46 heavy (non-hydrogen) atoms. The van der Waals surface area contributed by atoms with Gasteiger partial charge >= 0.3 is 13.5 Å². The van der Waals surface area contributed by atoms with E-state index < -0.39 is 80.9 Å². The van der Waals surface area contributed by atoms with Gasteiger partial charge in [-0.1, -0.05) is 12.2 Å². The number of hydrogen-bond acceptors (Lipinski definition) is 16. The summed E-state index contributed by atoms with van der Waals surface area (Å²) in [5.74, 6) is 0.401. The average molecular weight is 720 g/mol. The molecule has 0 spiro atoms. The van der Waals surface area contributed by atoms with E-state index in [0.717, 1.165) is 0 Å². The number of aromatic amines is 1. The van der Waals surface area contributed by atoms with Crippen LogP contribution in [0.1, 0.15) is 18.3 Å². The van der Waals surface area contributed by atoms with Gasteiger partial charge in [-0.25, -0.2) is 33.9 Å². The molecule has 4 saturated heterocycles. The summed E-state index contributed by atoms with van der Waals surface area (Å²) in [5.41, 5.74) is 4.54. The third kappa shape index (κ3) is 4.94. The van der Waals surface area contributed by atoms with E-state index in [1.54, 1.807) is 11.5 Å². The summed E-state index contributed by atoms with van der Waals surface area (Å²) >= 11 is 9.45. The number of imidazole rings is 2. The topological polar surface area (TPSA) is 235 Å². The molecular formula is C22H24FN9O10P2S2. The van der Waals surface area contributed by atoms with Gasteiger partial charge in [0, 0.05) is 0 Å². The van der Waals surface area contributed by atoms with E-state index in [0.29, 0.717) is 11.2 Å². The first-order valence-electron chi connectivity index (χ1n) is 13.6. The zero-order chi connectivity index (χ0) is 32.2. The Morgan fingerprint density at radius 3 is 2.67 bits per heavy atom. The fraction of sp³-hybridized carbons (Fsp3) is 0.545. The molecule has 0 amide bonds. The number of halogens is 1. The summed E-state index contributed by atoms with van der Waals surface area (Å²) in [6, 6.07) is 0.